The van der Waals surface area contributed by atoms with Crippen LogP contribution in [0.2, 0.25) is 0 Å². The number of H-pyrrole nitrogens is 1. The lowest BCUT2D eigenvalue weighted by Crippen LogP contribution is -2.19. The van der Waals surface area contributed by atoms with Crippen molar-refractivity contribution in [3.8, 4) is 33.9 Å². The van der Waals surface area contributed by atoms with E-state index >= 15 is 4.39 Å². The van der Waals surface area contributed by atoms with Gasteiger partial charge in [-0.15, -0.1) is 0 Å². The van der Waals surface area contributed by atoms with Crippen LogP contribution < -0.4 is 5.32 Å². The molecule has 0 spiro atoms. The first-order valence-corrected chi connectivity index (χ1v) is 13.1. The molecule has 0 aliphatic heterocycles. The van der Waals surface area contributed by atoms with Crippen LogP contribution >= 0.6 is 11.3 Å². The third-order valence-electron chi connectivity index (χ3n) is 6.04. The molecular formula is C28H23FN8OS. The summed E-state index contributed by atoms with van der Waals surface area (Å²) in [6, 6.07) is 5.46. The van der Waals surface area contributed by atoms with Gasteiger partial charge >= 0.3 is 0 Å². The Morgan fingerprint density at radius 1 is 1.05 bits per heavy atom. The summed E-state index contributed by atoms with van der Waals surface area (Å²) < 4.78 is 16.2. The largest absolute Gasteiger partial charge is 0.337 e. The average Bonchev–Trinajstić information content (AvgIpc) is 3.58. The standard InChI is InChI=1S/C28H23FN8OS/c1-28(2,3)9-20(38)35-17-8-16(10-30-11-17)18-12-32-26-21(22(18)29)25(33-14-34-26)27-36-19-4-6-31-23(24(19)37-27)15-5-7-39-13-15/h4-8,10-14H,9H2,1-3H3,(H,35,38)(H,36,37). The molecule has 0 fully saturated rings. The van der Waals surface area contributed by atoms with E-state index < -0.39 is 5.82 Å². The fourth-order valence-corrected chi connectivity index (χ4v) is 5.02. The third-order valence-corrected chi connectivity index (χ3v) is 6.73. The number of hydrogen-bond acceptors (Lipinski definition) is 8. The van der Waals surface area contributed by atoms with Gasteiger partial charge in [0.15, 0.2) is 11.5 Å². The average molecular weight is 539 g/mol. The van der Waals surface area contributed by atoms with Gasteiger partial charge in [0.2, 0.25) is 5.91 Å². The molecule has 0 aromatic carbocycles. The Kier molecular flexibility index (Phi) is 6.07. The highest BCUT2D eigenvalue weighted by molar-refractivity contribution is 7.08. The van der Waals surface area contributed by atoms with Crippen molar-refractivity contribution in [3.63, 3.8) is 0 Å². The Hall–Kier alpha value is -4.64. The number of imidazole rings is 1. The zero-order chi connectivity index (χ0) is 27.1. The van der Waals surface area contributed by atoms with E-state index in [-0.39, 0.29) is 33.6 Å². The SMILES string of the molecule is CC(C)(C)CC(=O)Nc1cncc(-c2cnc3ncnc(-c4nc5c(-c6ccsc6)nccc5[nH]4)c3c2F)c1. The number of rotatable bonds is 5. The number of nitrogens with one attached hydrogen (secondary N) is 2. The number of aromatic nitrogens is 7. The fraction of sp³-hybridized carbons (Fsp3) is 0.179. The Labute approximate surface area is 226 Å². The smallest absolute Gasteiger partial charge is 0.224 e. The first-order chi connectivity index (χ1) is 18.8. The summed E-state index contributed by atoms with van der Waals surface area (Å²) in [5, 5.41) is 6.95. The molecule has 194 valence electrons. The Morgan fingerprint density at radius 2 is 1.92 bits per heavy atom. The molecule has 39 heavy (non-hydrogen) atoms. The van der Waals surface area contributed by atoms with E-state index in [0.717, 1.165) is 16.8 Å². The Balaban J connectivity index is 1.43. The lowest BCUT2D eigenvalue weighted by atomic mass is 9.92. The van der Waals surface area contributed by atoms with Crippen LogP contribution in [0.4, 0.5) is 10.1 Å². The highest BCUT2D eigenvalue weighted by atomic mass is 32.1. The number of carbonyl (C=O) groups excluding carboxylic acids is 1. The predicted molar refractivity (Wildman–Crippen MR) is 149 cm³/mol. The number of thiophene rings is 1. The Morgan fingerprint density at radius 3 is 2.72 bits per heavy atom. The highest BCUT2D eigenvalue weighted by Crippen LogP contribution is 2.34. The Bertz CT molecular complexity index is 1840. The van der Waals surface area contributed by atoms with Crippen LogP contribution in [0.1, 0.15) is 27.2 Å². The molecule has 1 amide bonds. The van der Waals surface area contributed by atoms with E-state index in [0.29, 0.717) is 29.0 Å². The van der Waals surface area contributed by atoms with E-state index in [1.807, 2.05) is 43.7 Å². The summed E-state index contributed by atoms with van der Waals surface area (Å²) in [6.45, 7) is 5.95. The molecular weight excluding hydrogens is 515 g/mol. The van der Waals surface area contributed by atoms with Gasteiger partial charge in [0.1, 0.15) is 23.4 Å². The number of pyridine rings is 3. The molecule has 0 aliphatic rings. The van der Waals surface area contributed by atoms with E-state index in [1.54, 1.807) is 23.6 Å². The van der Waals surface area contributed by atoms with Gasteiger partial charge in [-0.3, -0.25) is 14.8 Å². The van der Waals surface area contributed by atoms with Gasteiger partial charge < -0.3 is 10.3 Å². The molecule has 6 aromatic rings. The molecule has 6 rings (SSSR count). The molecule has 0 saturated carbocycles. The van der Waals surface area contributed by atoms with Crippen molar-refractivity contribution in [2.24, 2.45) is 5.41 Å². The first-order valence-electron chi connectivity index (χ1n) is 12.2. The maximum absolute atomic E-state index is 16.2. The zero-order valence-corrected chi connectivity index (χ0v) is 22.2. The molecule has 6 heterocycles. The minimum Gasteiger partial charge on any atom is -0.337 e. The van der Waals surface area contributed by atoms with E-state index in [4.69, 9.17) is 4.98 Å². The lowest BCUT2D eigenvalue weighted by molar-refractivity contribution is -0.117. The minimum atomic E-state index is -0.563. The van der Waals surface area contributed by atoms with Crippen molar-refractivity contribution in [3.05, 3.63) is 65.9 Å². The third kappa shape index (κ3) is 4.84. The molecule has 6 aromatic heterocycles. The zero-order valence-electron chi connectivity index (χ0n) is 21.4. The monoisotopic (exact) mass is 538 g/mol. The van der Waals surface area contributed by atoms with Crippen molar-refractivity contribution >= 4 is 45.0 Å². The second kappa shape index (κ2) is 9.59. The molecule has 0 unspecified atom stereocenters. The van der Waals surface area contributed by atoms with Crippen molar-refractivity contribution < 1.29 is 9.18 Å². The quantitative estimate of drug-likeness (QED) is 0.265. The second-order valence-corrected chi connectivity index (χ2v) is 11.1. The van der Waals surface area contributed by atoms with Crippen LogP contribution in [0.15, 0.2) is 60.1 Å². The summed E-state index contributed by atoms with van der Waals surface area (Å²) in [4.78, 5) is 42.1. The number of aromatic amines is 1. The lowest BCUT2D eigenvalue weighted by Gasteiger charge is -2.17. The number of halogens is 1. The summed E-state index contributed by atoms with van der Waals surface area (Å²) in [6.07, 6.45) is 7.83. The first kappa shape index (κ1) is 24.7. The molecule has 0 aliphatic carbocycles. The molecule has 11 heteroatoms. The molecule has 2 N–H and O–H groups in total. The van der Waals surface area contributed by atoms with E-state index in [2.05, 4.69) is 35.2 Å². The van der Waals surface area contributed by atoms with Crippen LogP contribution in [-0.4, -0.2) is 40.8 Å². The second-order valence-electron chi connectivity index (χ2n) is 10.3. The van der Waals surface area contributed by atoms with Crippen molar-refractivity contribution in [1.29, 1.82) is 0 Å². The normalized spacial score (nSPS) is 11.8. The predicted octanol–water partition coefficient (Wildman–Crippen LogP) is 6.27. The van der Waals surface area contributed by atoms with Gasteiger partial charge in [-0.05, 0) is 29.0 Å². The topological polar surface area (TPSA) is 122 Å². The van der Waals surface area contributed by atoms with Crippen molar-refractivity contribution in [2.45, 2.75) is 27.2 Å². The van der Waals surface area contributed by atoms with Crippen molar-refractivity contribution in [2.75, 3.05) is 5.32 Å². The van der Waals surface area contributed by atoms with Crippen LogP contribution in [0.3, 0.4) is 0 Å². The number of nitrogens with zero attached hydrogens (tertiary/aromatic N) is 6. The van der Waals surface area contributed by atoms with Gasteiger partial charge in [0.25, 0.3) is 0 Å². The maximum atomic E-state index is 16.2. The summed E-state index contributed by atoms with van der Waals surface area (Å²) in [5.41, 5.74) is 4.52. The van der Waals surface area contributed by atoms with Gasteiger partial charge in [-0.25, -0.2) is 24.3 Å². The number of hydrogen-bond donors (Lipinski definition) is 2. The van der Waals surface area contributed by atoms with Crippen LogP contribution in [-0.2, 0) is 4.79 Å². The minimum absolute atomic E-state index is 0.126. The number of anilines is 1. The molecule has 0 bridgehead atoms. The summed E-state index contributed by atoms with van der Waals surface area (Å²) in [5.74, 6) is -0.330. The highest BCUT2D eigenvalue weighted by Gasteiger charge is 2.21. The van der Waals surface area contributed by atoms with Gasteiger partial charge in [-0.2, -0.15) is 11.3 Å². The van der Waals surface area contributed by atoms with Gasteiger partial charge in [0.05, 0.1) is 28.5 Å². The molecule has 0 radical (unpaired) electrons. The van der Waals surface area contributed by atoms with Gasteiger partial charge in [0, 0.05) is 47.1 Å². The fourth-order valence-electron chi connectivity index (χ4n) is 4.37. The van der Waals surface area contributed by atoms with E-state index in [1.165, 1.54) is 24.9 Å². The van der Waals surface area contributed by atoms with Crippen LogP contribution in [0.5, 0.6) is 0 Å². The van der Waals surface area contributed by atoms with E-state index in [9.17, 15) is 4.79 Å². The van der Waals surface area contributed by atoms with Crippen molar-refractivity contribution in [1.82, 2.24) is 34.9 Å². The number of amides is 1. The molecule has 9 nitrogen and oxygen atoms in total. The van der Waals surface area contributed by atoms with Crippen LogP contribution in [0.25, 0.3) is 56.0 Å². The number of carbonyl (C=O) groups is 1. The molecule has 0 atom stereocenters. The van der Waals surface area contributed by atoms with Gasteiger partial charge in [-0.1, -0.05) is 20.8 Å². The number of fused-ring (bicyclic) bond motifs is 2. The van der Waals surface area contributed by atoms with Crippen LogP contribution in [0, 0.1) is 11.2 Å². The molecule has 0 saturated heterocycles. The summed E-state index contributed by atoms with van der Waals surface area (Å²) in [7, 11) is 0. The summed E-state index contributed by atoms with van der Waals surface area (Å²) >= 11 is 1.57. The maximum Gasteiger partial charge on any atom is 0.224 e.